The SMILES string of the molecule is Cc1ncc(CNc2cccc(-c3ccc4c(c3)CCO4)c2)n1C. The van der Waals surface area contributed by atoms with Gasteiger partial charge >= 0.3 is 0 Å². The van der Waals surface area contributed by atoms with Crippen LogP contribution in [0.4, 0.5) is 5.69 Å². The Balaban J connectivity index is 1.54. The van der Waals surface area contributed by atoms with E-state index in [9.17, 15) is 0 Å². The fraction of sp³-hybridized carbons (Fsp3) is 0.250. The van der Waals surface area contributed by atoms with Crippen molar-refractivity contribution in [2.75, 3.05) is 11.9 Å². The van der Waals surface area contributed by atoms with Gasteiger partial charge in [-0.1, -0.05) is 18.2 Å². The zero-order valence-corrected chi connectivity index (χ0v) is 14.0. The van der Waals surface area contributed by atoms with Crippen LogP contribution in [0, 0.1) is 6.92 Å². The standard InChI is InChI=1S/C20H21N3O/c1-14-21-12-19(23(14)2)13-22-18-5-3-4-15(11-18)16-6-7-20-17(10-16)8-9-24-20/h3-7,10-12,22H,8-9,13H2,1-2H3. The highest BCUT2D eigenvalue weighted by Crippen LogP contribution is 2.31. The molecule has 0 fully saturated rings. The zero-order chi connectivity index (χ0) is 16.5. The van der Waals surface area contributed by atoms with Crippen molar-refractivity contribution < 1.29 is 4.74 Å². The van der Waals surface area contributed by atoms with Crippen molar-refractivity contribution in [3.05, 3.63) is 65.7 Å². The van der Waals surface area contributed by atoms with E-state index in [0.717, 1.165) is 36.8 Å². The van der Waals surface area contributed by atoms with Gasteiger partial charge in [-0.2, -0.15) is 0 Å². The summed E-state index contributed by atoms with van der Waals surface area (Å²) in [5.74, 6) is 2.06. The van der Waals surface area contributed by atoms with E-state index in [4.69, 9.17) is 4.74 Å². The predicted molar refractivity (Wildman–Crippen MR) is 96.3 cm³/mol. The van der Waals surface area contributed by atoms with Gasteiger partial charge in [-0.05, 0) is 47.9 Å². The Morgan fingerprint density at radius 2 is 2.04 bits per heavy atom. The Bertz CT molecular complexity index is 882. The summed E-state index contributed by atoms with van der Waals surface area (Å²) in [6.07, 6.45) is 2.92. The zero-order valence-electron chi connectivity index (χ0n) is 14.0. The molecular weight excluding hydrogens is 298 g/mol. The molecule has 24 heavy (non-hydrogen) atoms. The van der Waals surface area contributed by atoms with Crippen LogP contribution in [0.1, 0.15) is 17.1 Å². The van der Waals surface area contributed by atoms with E-state index in [1.54, 1.807) is 0 Å². The van der Waals surface area contributed by atoms with Crippen molar-refractivity contribution in [2.24, 2.45) is 7.05 Å². The second kappa shape index (κ2) is 6.04. The number of ether oxygens (including phenoxy) is 1. The lowest BCUT2D eigenvalue weighted by Crippen LogP contribution is -2.05. The van der Waals surface area contributed by atoms with E-state index in [0.29, 0.717) is 0 Å². The average molecular weight is 319 g/mol. The molecule has 0 atom stereocenters. The lowest BCUT2D eigenvalue weighted by Gasteiger charge is -2.10. The summed E-state index contributed by atoms with van der Waals surface area (Å²) in [5, 5.41) is 3.49. The maximum atomic E-state index is 5.59. The topological polar surface area (TPSA) is 39.1 Å². The Morgan fingerprint density at radius 3 is 2.88 bits per heavy atom. The Morgan fingerprint density at radius 1 is 1.17 bits per heavy atom. The molecule has 1 aromatic heterocycles. The number of fused-ring (bicyclic) bond motifs is 1. The van der Waals surface area contributed by atoms with Gasteiger partial charge in [0.05, 0.1) is 25.0 Å². The third-order valence-electron chi connectivity index (χ3n) is 4.68. The highest BCUT2D eigenvalue weighted by atomic mass is 16.5. The third kappa shape index (κ3) is 2.75. The quantitative estimate of drug-likeness (QED) is 0.791. The van der Waals surface area contributed by atoms with Crippen molar-refractivity contribution in [1.29, 1.82) is 0 Å². The highest BCUT2D eigenvalue weighted by Gasteiger charge is 2.12. The second-order valence-corrected chi connectivity index (χ2v) is 6.21. The summed E-state index contributed by atoms with van der Waals surface area (Å²) in [5.41, 5.74) is 6.04. The second-order valence-electron chi connectivity index (χ2n) is 6.21. The molecule has 0 spiro atoms. The summed E-state index contributed by atoms with van der Waals surface area (Å²) in [7, 11) is 2.04. The number of rotatable bonds is 4. The van der Waals surface area contributed by atoms with Crippen LogP contribution < -0.4 is 10.1 Å². The van der Waals surface area contributed by atoms with Gasteiger partial charge in [0.15, 0.2) is 0 Å². The van der Waals surface area contributed by atoms with E-state index >= 15 is 0 Å². The Kier molecular flexibility index (Phi) is 3.73. The van der Waals surface area contributed by atoms with Gasteiger partial charge in [-0.15, -0.1) is 0 Å². The van der Waals surface area contributed by atoms with Crippen molar-refractivity contribution in [2.45, 2.75) is 19.9 Å². The highest BCUT2D eigenvalue weighted by molar-refractivity contribution is 5.70. The van der Waals surface area contributed by atoms with E-state index in [1.165, 1.54) is 22.4 Å². The first-order chi connectivity index (χ1) is 11.7. The molecule has 4 rings (SSSR count). The van der Waals surface area contributed by atoms with E-state index < -0.39 is 0 Å². The van der Waals surface area contributed by atoms with Crippen LogP contribution in [-0.4, -0.2) is 16.2 Å². The van der Waals surface area contributed by atoms with Gasteiger partial charge in [-0.3, -0.25) is 0 Å². The number of nitrogens with one attached hydrogen (secondary N) is 1. The van der Waals surface area contributed by atoms with Crippen molar-refractivity contribution in [3.63, 3.8) is 0 Å². The van der Waals surface area contributed by atoms with Crippen LogP contribution in [-0.2, 0) is 20.0 Å². The summed E-state index contributed by atoms with van der Waals surface area (Å²) < 4.78 is 7.70. The molecule has 0 radical (unpaired) electrons. The van der Waals surface area contributed by atoms with Crippen molar-refractivity contribution >= 4 is 5.69 Å². The monoisotopic (exact) mass is 319 g/mol. The third-order valence-corrected chi connectivity index (χ3v) is 4.68. The summed E-state index contributed by atoms with van der Waals surface area (Å²) in [4.78, 5) is 4.34. The first-order valence-electron chi connectivity index (χ1n) is 8.28. The molecule has 0 amide bonds. The largest absolute Gasteiger partial charge is 0.493 e. The Hall–Kier alpha value is -2.75. The van der Waals surface area contributed by atoms with Crippen molar-refractivity contribution in [1.82, 2.24) is 9.55 Å². The smallest absolute Gasteiger partial charge is 0.122 e. The molecule has 2 heterocycles. The predicted octanol–water partition coefficient (Wildman–Crippen LogP) is 3.94. The van der Waals surface area contributed by atoms with Gasteiger partial charge in [0.25, 0.3) is 0 Å². The summed E-state index contributed by atoms with van der Waals surface area (Å²) in [6, 6.07) is 15.0. The number of hydrogen-bond donors (Lipinski definition) is 1. The average Bonchev–Trinajstić information content (AvgIpc) is 3.20. The maximum absolute atomic E-state index is 5.59. The van der Waals surface area contributed by atoms with Gasteiger partial charge in [0.1, 0.15) is 11.6 Å². The molecule has 2 aromatic carbocycles. The molecule has 4 nitrogen and oxygen atoms in total. The molecule has 0 saturated carbocycles. The fourth-order valence-electron chi connectivity index (χ4n) is 3.08. The summed E-state index contributed by atoms with van der Waals surface area (Å²) >= 11 is 0. The van der Waals surface area contributed by atoms with Gasteiger partial charge in [-0.25, -0.2) is 4.98 Å². The summed E-state index contributed by atoms with van der Waals surface area (Å²) in [6.45, 7) is 3.57. The van der Waals surface area contributed by atoms with Crippen LogP contribution >= 0.6 is 0 Å². The molecule has 4 heteroatoms. The molecule has 1 aliphatic rings. The van der Waals surface area contributed by atoms with Gasteiger partial charge < -0.3 is 14.6 Å². The van der Waals surface area contributed by atoms with E-state index in [-0.39, 0.29) is 0 Å². The minimum absolute atomic E-state index is 0.763. The molecular formula is C20H21N3O. The first kappa shape index (κ1) is 14.8. The number of aromatic nitrogens is 2. The fourth-order valence-corrected chi connectivity index (χ4v) is 3.08. The molecule has 1 aliphatic heterocycles. The van der Waals surface area contributed by atoms with Crippen molar-refractivity contribution in [3.8, 4) is 16.9 Å². The number of nitrogens with zero attached hydrogens (tertiary/aromatic N) is 2. The molecule has 0 saturated heterocycles. The first-order valence-corrected chi connectivity index (χ1v) is 8.28. The minimum Gasteiger partial charge on any atom is -0.493 e. The lowest BCUT2D eigenvalue weighted by atomic mass is 10.0. The lowest BCUT2D eigenvalue weighted by molar-refractivity contribution is 0.357. The molecule has 1 N–H and O–H groups in total. The Labute approximate surface area is 142 Å². The maximum Gasteiger partial charge on any atom is 0.122 e. The molecule has 3 aromatic rings. The van der Waals surface area contributed by atoms with E-state index in [2.05, 4.69) is 57.3 Å². The minimum atomic E-state index is 0.763. The van der Waals surface area contributed by atoms with Crippen LogP contribution in [0.3, 0.4) is 0 Å². The van der Waals surface area contributed by atoms with Gasteiger partial charge in [0, 0.05) is 19.2 Å². The molecule has 0 bridgehead atoms. The van der Waals surface area contributed by atoms with Crippen LogP contribution in [0.2, 0.25) is 0 Å². The number of aryl methyl sites for hydroxylation is 1. The van der Waals surface area contributed by atoms with Crippen LogP contribution in [0.15, 0.2) is 48.7 Å². The molecule has 122 valence electrons. The molecule has 0 unspecified atom stereocenters. The van der Waals surface area contributed by atoms with Gasteiger partial charge in [0.2, 0.25) is 0 Å². The van der Waals surface area contributed by atoms with Crippen LogP contribution in [0.25, 0.3) is 11.1 Å². The normalized spacial score (nSPS) is 12.8. The van der Waals surface area contributed by atoms with Crippen LogP contribution in [0.5, 0.6) is 5.75 Å². The number of imidazole rings is 1. The number of anilines is 1. The van der Waals surface area contributed by atoms with E-state index in [1.807, 2.05) is 20.2 Å². The molecule has 0 aliphatic carbocycles. The number of benzene rings is 2. The number of hydrogen-bond acceptors (Lipinski definition) is 3.